The molecular weight excluding hydrogens is 430 g/mol. The summed E-state index contributed by atoms with van der Waals surface area (Å²) < 4.78 is 11.3. The topological polar surface area (TPSA) is 75.0 Å². The van der Waals surface area contributed by atoms with Gasteiger partial charge in [-0.15, -0.1) is 0 Å². The van der Waals surface area contributed by atoms with Gasteiger partial charge in [-0.1, -0.05) is 49.4 Å². The molecule has 0 saturated carbocycles. The lowest BCUT2D eigenvalue weighted by Gasteiger charge is -2.27. The Morgan fingerprint density at radius 2 is 1.65 bits per heavy atom. The first-order valence-corrected chi connectivity index (χ1v) is 11.6. The van der Waals surface area contributed by atoms with Gasteiger partial charge in [-0.3, -0.25) is 4.79 Å². The lowest BCUT2D eigenvalue weighted by molar-refractivity contribution is -0.133. The fraction of sp³-hybridized carbons (Fsp3) is 0.333. The number of carbonyl (C=O) groups excluding carboxylic acids is 2. The molecule has 0 unspecified atom stereocenters. The van der Waals surface area contributed by atoms with Crippen molar-refractivity contribution in [2.24, 2.45) is 0 Å². The molecule has 0 fully saturated rings. The molecule has 3 aromatic rings. The molecule has 1 N–H and O–H groups in total. The number of hydrogen-bond donors (Lipinski definition) is 1. The van der Waals surface area contributed by atoms with Crippen LogP contribution in [0.2, 0.25) is 0 Å². The maximum absolute atomic E-state index is 13.4. The van der Waals surface area contributed by atoms with E-state index in [0.29, 0.717) is 43.4 Å². The molecule has 7 heteroatoms. The third kappa shape index (κ3) is 7.13. The van der Waals surface area contributed by atoms with Gasteiger partial charge in [0.05, 0.1) is 18.8 Å². The van der Waals surface area contributed by atoms with Crippen molar-refractivity contribution < 1.29 is 18.7 Å². The van der Waals surface area contributed by atoms with E-state index in [4.69, 9.17) is 9.15 Å². The summed E-state index contributed by atoms with van der Waals surface area (Å²) in [5, 5.41) is 2.90. The standard InChI is InChI=1S/C27H33N3O4/c1-4-17-29(27(32)28-24-13-9-10-14-25(24)33-5-2)20-26(31)30(18-22-11-7-6-8-12-22)19-23-16-15-21(3)34-23/h6-16H,4-5,17-20H2,1-3H3,(H,28,32). The molecule has 2 aromatic carbocycles. The Morgan fingerprint density at radius 3 is 2.32 bits per heavy atom. The quantitative estimate of drug-likeness (QED) is 0.410. The van der Waals surface area contributed by atoms with Crippen molar-refractivity contribution in [3.8, 4) is 5.75 Å². The molecule has 1 aromatic heterocycles. The number of aryl methyl sites for hydroxylation is 1. The predicted octanol–water partition coefficient (Wildman–Crippen LogP) is 5.46. The van der Waals surface area contributed by atoms with Crippen LogP contribution in [-0.2, 0) is 17.9 Å². The first kappa shape index (κ1) is 24.9. The predicted molar refractivity (Wildman–Crippen MR) is 133 cm³/mol. The van der Waals surface area contributed by atoms with Gasteiger partial charge in [0.2, 0.25) is 5.91 Å². The number of nitrogens with one attached hydrogen (secondary N) is 1. The maximum atomic E-state index is 13.4. The molecule has 0 saturated heterocycles. The number of amides is 3. The molecule has 0 bridgehead atoms. The van der Waals surface area contributed by atoms with Crippen LogP contribution in [0.3, 0.4) is 0 Å². The molecule has 34 heavy (non-hydrogen) atoms. The van der Waals surface area contributed by atoms with Gasteiger partial charge in [0.15, 0.2) is 0 Å². The van der Waals surface area contributed by atoms with Gasteiger partial charge in [-0.25, -0.2) is 4.79 Å². The van der Waals surface area contributed by atoms with E-state index in [1.165, 1.54) is 4.90 Å². The summed E-state index contributed by atoms with van der Waals surface area (Å²) in [6.45, 7) is 7.40. The van der Waals surface area contributed by atoms with Gasteiger partial charge >= 0.3 is 6.03 Å². The monoisotopic (exact) mass is 463 g/mol. The van der Waals surface area contributed by atoms with Gasteiger partial charge in [0.25, 0.3) is 0 Å². The Kier molecular flexibility index (Phi) is 9.14. The van der Waals surface area contributed by atoms with Crippen LogP contribution in [0.1, 0.15) is 37.4 Å². The van der Waals surface area contributed by atoms with E-state index in [1.54, 1.807) is 17.0 Å². The van der Waals surface area contributed by atoms with Crippen LogP contribution in [0, 0.1) is 6.92 Å². The van der Waals surface area contributed by atoms with Gasteiger partial charge < -0.3 is 24.3 Å². The normalized spacial score (nSPS) is 10.6. The number of nitrogens with zero attached hydrogens (tertiary/aromatic N) is 2. The van der Waals surface area contributed by atoms with E-state index in [2.05, 4.69) is 5.32 Å². The van der Waals surface area contributed by atoms with E-state index in [1.807, 2.05) is 75.4 Å². The minimum Gasteiger partial charge on any atom is -0.492 e. The zero-order valence-electron chi connectivity index (χ0n) is 20.1. The van der Waals surface area contributed by atoms with Crippen molar-refractivity contribution >= 4 is 17.6 Å². The van der Waals surface area contributed by atoms with E-state index in [-0.39, 0.29) is 18.5 Å². The second-order valence-corrected chi connectivity index (χ2v) is 8.03. The Bertz CT molecular complexity index is 1060. The Balaban J connectivity index is 1.75. The zero-order valence-corrected chi connectivity index (χ0v) is 20.1. The second-order valence-electron chi connectivity index (χ2n) is 8.03. The van der Waals surface area contributed by atoms with Crippen LogP contribution in [0.5, 0.6) is 5.75 Å². The van der Waals surface area contributed by atoms with E-state index >= 15 is 0 Å². The molecular formula is C27H33N3O4. The number of benzene rings is 2. The van der Waals surface area contributed by atoms with E-state index in [0.717, 1.165) is 17.7 Å². The molecule has 0 aliphatic carbocycles. The summed E-state index contributed by atoms with van der Waals surface area (Å²) in [6, 6.07) is 20.5. The summed E-state index contributed by atoms with van der Waals surface area (Å²) >= 11 is 0. The number of rotatable bonds is 11. The molecule has 0 atom stereocenters. The first-order valence-electron chi connectivity index (χ1n) is 11.6. The summed E-state index contributed by atoms with van der Waals surface area (Å²) in [7, 11) is 0. The summed E-state index contributed by atoms with van der Waals surface area (Å²) in [6.07, 6.45) is 0.726. The van der Waals surface area contributed by atoms with E-state index in [9.17, 15) is 9.59 Å². The molecule has 1 heterocycles. The number of carbonyl (C=O) groups is 2. The summed E-state index contributed by atoms with van der Waals surface area (Å²) in [4.78, 5) is 29.8. The third-order valence-electron chi connectivity index (χ3n) is 5.25. The fourth-order valence-electron chi connectivity index (χ4n) is 3.63. The number of furan rings is 1. The van der Waals surface area contributed by atoms with Gasteiger partial charge in [0.1, 0.15) is 23.8 Å². The smallest absolute Gasteiger partial charge is 0.322 e. The van der Waals surface area contributed by atoms with Gasteiger partial charge in [0, 0.05) is 13.1 Å². The largest absolute Gasteiger partial charge is 0.492 e. The van der Waals surface area contributed by atoms with Gasteiger partial charge in [-0.05, 0) is 50.1 Å². The third-order valence-corrected chi connectivity index (χ3v) is 5.25. The highest BCUT2D eigenvalue weighted by atomic mass is 16.5. The molecule has 0 aliphatic heterocycles. The van der Waals surface area contributed by atoms with Crippen molar-refractivity contribution in [3.63, 3.8) is 0 Å². The van der Waals surface area contributed by atoms with Crippen LogP contribution in [0.4, 0.5) is 10.5 Å². The molecule has 3 rings (SSSR count). The summed E-state index contributed by atoms with van der Waals surface area (Å²) in [5.41, 5.74) is 1.59. The number of hydrogen-bond acceptors (Lipinski definition) is 4. The Morgan fingerprint density at radius 1 is 0.912 bits per heavy atom. The number of anilines is 1. The average molecular weight is 464 g/mol. The van der Waals surface area contributed by atoms with Crippen molar-refractivity contribution in [1.82, 2.24) is 9.80 Å². The minimum atomic E-state index is -0.337. The van der Waals surface area contributed by atoms with Crippen molar-refractivity contribution in [3.05, 3.63) is 83.8 Å². The number of urea groups is 1. The van der Waals surface area contributed by atoms with Crippen LogP contribution >= 0.6 is 0 Å². The zero-order chi connectivity index (χ0) is 24.3. The second kappa shape index (κ2) is 12.5. The molecule has 180 valence electrons. The highest BCUT2D eigenvalue weighted by Crippen LogP contribution is 2.24. The summed E-state index contributed by atoms with van der Waals surface area (Å²) in [5.74, 6) is 1.94. The Labute approximate surface area is 201 Å². The number of ether oxygens (including phenoxy) is 1. The average Bonchev–Trinajstić information content (AvgIpc) is 3.25. The number of para-hydroxylation sites is 2. The van der Waals surface area contributed by atoms with Crippen molar-refractivity contribution in [2.45, 2.75) is 40.3 Å². The van der Waals surface area contributed by atoms with E-state index < -0.39 is 0 Å². The highest BCUT2D eigenvalue weighted by Gasteiger charge is 2.23. The Hall–Kier alpha value is -3.74. The van der Waals surface area contributed by atoms with Crippen LogP contribution in [0.25, 0.3) is 0 Å². The van der Waals surface area contributed by atoms with Crippen molar-refractivity contribution in [1.29, 1.82) is 0 Å². The molecule has 3 amide bonds. The molecule has 0 aliphatic rings. The van der Waals surface area contributed by atoms with Crippen LogP contribution < -0.4 is 10.1 Å². The van der Waals surface area contributed by atoms with Crippen molar-refractivity contribution in [2.75, 3.05) is 25.0 Å². The van der Waals surface area contributed by atoms with Crippen LogP contribution in [0.15, 0.2) is 71.1 Å². The molecule has 0 radical (unpaired) electrons. The van der Waals surface area contributed by atoms with Gasteiger partial charge in [-0.2, -0.15) is 0 Å². The minimum absolute atomic E-state index is 0.0387. The first-order chi connectivity index (χ1) is 16.5. The SMILES string of the molecule is CCCN(CC(=O)N(Cc1ccccc1)Cc1ccc(C)o1)C(=O)Nc1ccccc1OCC. The lowest BCUT2D eigenvalue weighted by atomic mass is 10.2. The lowest BCUT2D eigenvalue weighted by Crippen LogP contribution is -2.44. The highest BCUT2D eigenvalue weighted by molar-refractivity contribution is 5.93. The maximum Gasteiger partial charge on any atom is 0.322 e. The molecule has 7 nitrogen and oxygen atoms in total. The fourth-order valence-corrected chi connectivity index (χ4v) is 3.63. The molecule has 0 spiro atoms. The van der Waals surface area contributed by atoms with Crippen LogP contribution in [-0.4, -0.2) is 41.4 Å².